The van der Waals surface area contributed by atoms with Gasteiger partial charge in [0.2, 0.25) is 11.8 Å². The predicted molar refractivity (Wildman–Crippen MR) is 63.8 cm³/mol. The third-order valence-electron chi connectivity index (χ3n) is 3.30. The highest BCUT2D eigenvalue weighted by Crippen LogP contribution is 2.23. The van der Waals surface area contributed by atoms with Gasteiger partial charge in [-0.3, -0.25) is 14.9 Å². The van der Waals surface area contributed by atoms with E-state index in [1.54, 1.807) is 0 Å². The second kappa shape index (κ2) is 6.66. The van der Waals surface area contributed by atoms with Gasteiger partial charge in [-0.2, -0.15) is 0 Å². The van der Waals surface area contributed by atoms with E-state index in [2.05, 4.69) is 19.2 Å². The number of imide groups is 1. The van der Waals surface area contributed by atoms with Crippen molar-refractivity contribution in [3.8, 4) is 0 Å². The first kappa shape index (κ1) is 13.2. The van der Waals surface area contributed by atoms with Gasteiger partial charge in [-0.05, 0) is 12.3 Å². The van der Waals surface area contributed by atoms with Crippen molar-refractivity contribution in [3.63, 3.8) is 0 Å². The zero-order valence-corrected chi connectivity index (χ0v) is 10.4. The molecule has 1 aliphatic heterocycles. The normalized spacial score (nSPS) is 22.2. The highest BCUT2D eigenvalue weighted by molar-refractivity contribution is 6.03. The Balaban J connectivity index is 2.16. The number of rotatable bonds is 7. The minimum absolute atomic E-state index is 0.0614. The van der Waals surface area contributed by atoms with E-state index in [9.17, 15) is 9.59 Å². The molecule has 0 aromatic rings. The SMILES string of the molecule is CCCCCCC(C)CC1CC(=O)NC1=O. The van der Waals surface area contributed by atoms with Gasteiger partial charge in [0, 0.05) is 12.3 Å². The summed E-state index contributed by atoms with van der Waals surface area (Å²) in [5.41, 5.74) is 0. The molecule has 16 heavy (non-hydrogen) atoms. The van der Waals surface area contributed by atoms with Crippen LogP contribution in [0.3, 0.4) is 0 Å². The lowest BCUT2D eigenvalue weighted by atomic mass is 9.90. The van der Waals surface area contributed by atoms with Crippen LogP contribution in [-0.4, -0.2) is 11.8 Å². The van der Waals surface area contributed by atoms with Crippen LogP contribution in [0.5, 0.6) is 0 Å². The molecule has 1 saturated heterocycles. The maximum absolute atomic E-state index is 11.4. The second-order valence-electron chi connectivity index (χ2n) is 5.00. The largest absolute Gasteiger partial charge is 0.296 e. The summed E-state index contributed by atoms with van der Waals surface area (Å²) in [6, 6.07) is 0. The van der Waals surface area contributed by atoms with Crippen molar-refractivity contribution in [2.45, 2.75) is 58.8 Å². The molecule has 1 aliphatic rings. The first-order chi connectivity index (χ1) is 7.63. The summed E-state index contributed by atoms with van der Waals surface area (Å²) in [5, 5.41) is 2.37. The Kier molecular flexibility index (Phi) is 5.50. The van der Waals surface area contributed by atoms with E-state index in [0.717, 1.165) is 6.42 Å². The Morgan fingerprint density at radius 1 is 1.31 bits per heavy atom. The van der Waals surface area contributed by atoms with Crippen LogP contribution in [0.4, 0.5) is 0 Å². The van der Waals surface area contributed by atoms with Crippen molar-refractivity contribution in [3.05, 3.63) is 0 Å². The molecule has 3 nitrogen and oxygen atoms in total. The molecule has 2 unspecified atom stereocenters. The van der Waals surface area contributed by atoms with E-state index in [4.69, 9.17) is 0 Å². The van der Waals surface area contributed by atoms with Gasteiger partial charge in [-0.1, -0.05) is 46.0 Å². The molecule has 1 N–H and O–H groups in total. The van der Waals surface area contributed by atoms with E-state index in [1.807, 2.05) is 0 Å². The molecule has 0 aromatic heterocycles. The molecule has 3 heteroatoms. The van der Waals surface area contributed by atoms with Gasteiger partial charge < -0.3 is 0 Å². The third-order valence-corrected chi connectivity index (χ3v) is 3.30. The Morgan fingerprint density at radius 3 is 2.62 bits per heavy atom. The number of carbonyl (C=O) groups excluding carboxylic acids is 2. The number of nitrogens with one attached hydrogen (secondary N) is 1. The summed E-state index contributed by atoms with van der Waals surface area (Å²) in [4.78, 5) is 22.4. The predicted octanol–water partition coefficient (Wildman–Crippen LogP) is 2.65. The summed E-state index contributed by atoms with van der Waals surface area (Å²) in [6.07, 6.45) is 7.54. The number of hydrogen-bond acceptors (Lipinski definition) is 2. The molecule has 0 bridgehead atoms. The molecular weight excluding hydrogens is 202 g/mol. The Labute approximate surface area is 98.0 Å². The quantitative estimate of drug-likeness (QED) is 0.535. The van der Waals surface area contributed by atoms with Crippen LogP contribution < -0.4 is 5.32 Å². The minimum atomic E-state index is -0.104. The molecular formula is C13H23NO2. The molecule has 92 valence electrons. The van der Waals surface area contributed by atoms with Crippen molar-refractivity contribution in [2.75, 3.05) is 0 Å². The fraction of sp³-hybridized carbons (Fsp3) is 0.846. The zero-order chi connectivity index (χ0) is 12.0. The summed E-state index contributed by atoms with van der Waals surface area (Å²) < 4.78 is 0. The minimum Gasteiger partial charge on any atom is -0.296 e. The van der Waals surface area contributed by atoms with Crippen molar-refractivity contribution >= 4 is 11.8 Å². The molecule has 0 aliphatic carbocycles. The lowest BCUT2D eigenvalue weighted by molar-refractivity contribution is -0.126. The van der Waals surface area contributed by atoms with E-state index in [1.165, 1.54) is 32.1 Å². The van der Waals surface area contributed by atoms with Crippen LogP contribution in [0, 0.1) is 11.8 Å². The maximum Gasteiger partial charge on any atom is 0.230 e. The first-order valence-electron chi connectivity index (χ1n) is 6.47. The van der Waals surface area contributed by atoms with Crippen LogP contribution in [-0.2, 0) is 9.59 Å². The van der Waals surface area contributed by atoms with Crippen LogP contribution >= 0.6 is 0 Å². The molecule has 1 rings (SSSR count). The first-order valence-corrected chi connectivity index (χ1v) is 6.47. The molecule has 1 heterocycles. The van der Waals surface area contributed by atoms with E-state index >= 15 is 0 Å². The van der Waals surface area contributed by atoms with Gasteiger partial charge in [0.15, 0.2) is 0 Å². The number of amides is 2. The Morgan fingerprint density at radius 2 is 2.06 bits per heavy atom. The molecule has 0 spiro atoms. The van der Waals surface area contributed by atoms with E-state index in [0.29, 0.717) is 12.3 Å². The topological polar surface area (TPSA) is 46.2 Å². The molecule has 2 amide bonds. The summed E-state index contributed by atoms with van der Waals surface area (Å²) in [5.74, 6) is 0.325. The lowest BCUT2D eigenvalue weighted by Gasteiger charge is -2.13. The average molecular weight is 225 g/mol. The Hall–Kier alpha value is -0.860. The van der Waals surface area contributed by atoms with Crippen LogP contribution in [0.2, 0.25) is 0 Å². The summed E-state index contributed by atoms with van der Waals surface area (Å²) in [6.45, 7) is 4.39. The molecule has 0 aromatic carbocycles. The fourth-order valence-electron chi connectivity index (χ4n) is 2.32. The van der Waals surface area contributed by atoms with Crippen LogP contribution in [0.25, 0.3) is 0 Å². The van der Waals surface area contributed by atoms with Crippen LogP contribution in [0.1, 0.15) is 58.8 Å². The van der Waals surface area contributed by atoms with Gasteiger partial charge in [0.05, 0.1) is 0 Å². The summed E-state index contributed by atoms with van der Waals surface area (Å²) >= 11 is 0. The highest BCUT2D eigenvalue weighted by Gasteiger charge is 2.31. The maximum atomic E-state index is 11.4. The monoisotopic (exact) mass is 225 g/mol. The zero-order valence-electron chi connectivity index (χ0n) is 10.4. The van der Waals surface area contributed by atoms with Crippen molar-refractivity contribution < 1.29 is 9.59 Å². The molecule has 0 radical (unpaired) electrons. The number of hydrogen-bond donors (Lipinski definition) is 1. The smallest absolute Gasteiger partial charge is 0.230 e. The van der Waals surface area contributed by atoms with Crippen LogP contribution in [0.15, 0.2) is 0 Å². The van der Waals surface area contributed by atoms with Crippen molar-refractivity contribution in [2.24, 2.45) is 11.8 Å². The summed E-state index contributed by atoms with van der Waals surface area (Å²) in [7, 11) is 0. The van der Waals surface area contributed by atoms with Gasteiger partial charge in [0.25, 0.3) is 0 Å². The molecule has 1 fully saturated rings. The van der Waals surface area contributed by atoms with Gasteiger partial charge in [-0.15, -0.1) is 0 Å². The number of unbranched alkanes of at least 4 members (excludes halogenated alkanes) is 3. The van der Waals surface area contributed by atoms with E-state index < -0.39 is 0 Å². The molecule has 2 atom stereocenters. The van der Waals surface area contributed by atoms with Crippen molar-refractivity contribution in [1.29, 1.82) is 0 Å². The van der Waals surface area contributed by atoms with Gasteiger partial charge in [0.1, 0.15) is 0 Å². The van der Waals surface area contributed by atoms with E-state index in [-0.39, 0.29) is 17.7 Å². The third kappa shape index (κ3) is 4.33. The number of carbonyl (C=O) groups is 2. The highest BCUT2D eigenvalue weighted by atomic mass is 16.2. The average Bonchev–Trinajstić information content (AvgIpc) is 2.52. The van der Waals surface area contributed by atoms with Gasteiger partial charge in [-0.25, -0.2) is 0 Å². The standard InChI is InChI=1S/C13H23NO2/c1-3-4-5-6-7-10(2)8-11-9-12(15)14-13(11)16/h10-11H,3-9H2,1-2H3,(H,14,15,16). The Bertz CT molecular complexity index is 250. The fourth-order valence-corrected chi connectivity index (χ4v) is 2.32. The van der Waals surface area contributed by atoms with Crippen molar-refractivity contribution in [1.82, 2.24) is 5.32 Å². The van der Waals surface area contributed by atoms with Gasteiger partial charge >= 0.3 is 0 Å². The lowest BCUT2D eigenvalue weighted by Crippen LogP contribution is -2.22. The second-order valence-corrected chi connectivity index (χ2v) is 5.00. The molecule has 0 saturated carbocycles.